The van der Waals surface area contributed by atoms with Gasteiger partial charge in [-0.3, -0.25) is 9.78 Å². The number of carboxylic acid groups (broad SMARTS) is 1. The molecule has 0 radical (unpaired) electrons. The number of alkyl halides is 3. The number of hydrogen-bond donors (Lipinski definition) is 2. The van der Waals surface area contributed by atoms with Crippen LogP contribution in [0.2, 0.25) is 0 Å². The fraction of sp³-hybridized carbons (Fsp3) is 0.562. The van der Waals surface area contributed by atoms with Crippen LogP contribution in [-0.2, 0) is 17.6 Å². The fourth-order valence-electron chi connectivity index (χ4n) is 3.41. The monoisotopic (exact) mass is 357 g/mol. The van der Waals surface area contributed by atoms with E-state index in [0.717, 1.165) is 41.8 Å². The second kappa shape index (κ2) is 6.53. The van der Waals surface area contributed by atoms with Gasteiger partial charge < -0.3 is 15.3 Å². The molecule has 25 heavy (non-hydrogen) atoms. The average molecular weight is 357 g/mol. The molecule has 1 aromatic rings. The van der Waals surface area contributed by atoms with Crippen molar-refractivity contribution in [3.05, 3.63) is 23.5 Å². The van der Waals surface area contributed by atoms with Gasteiger partial charge in [-0.25, -0.2) is 4.79 Å². The molecule has 2 heterocycles. The normalized spacial score (nSPS) is 23.2. The van der Waals surface area contributed by atoms with Crippen molar-refractivity contribution in [3.63, 3.8) is 0 Å². The quantitative estimate of drug-likeness (QED) is 0.853. The smallest absolute Gasteiger partial charge is 0.394 e. The standard InChI is InChI=1S/C16H18F3N3O3/c17-16(18,19)12-8-22(7-11(12)14(23)24)15(25)21-10-5-9-3-1-2-4-13(9)20-6-10/h5-6,11-12H,1-4,7-8H2,(H,21,25)(H,23,24)/t11-,12-/m1/s1. The number of pyridine rings is 1. The summed E-state index contributed by atoms with van der Waals surface area (Å²) in [4.78, 5) is 28.5. The maximum atomic E-state index is 13.0. The van der Waals surface area contributed by atoms with Crippen molar-refractivity contribution >= 4 is 17.7 Å². The molecule has 2 aliphatic rings. The number of likely N-dealkylation sites (tertiary alicyclic amines) is 1. The van der Waals surface area contributed by atoms with E-state index in [0.29, 0.717) is 5.69 Å². The molecule has 1 aromatic heterocycles. The van der Waals surface area contributed by atoms with Crippen LogP contribution < -0.4 is 5.32 Å². The molecule has 0 bridgehead atoms. The topological polar surface area (TPSA) is 82.5 Å². The van der Waals surface area contributed by atoms with Crippen LogP contribution in [0, 0.1) is 11.8 Å². The molecule has 0 spiro atoms. The molecule has 2 amide bonds. The summed E-state index contributed by atoms with van der Waals surface area (Å²) in [5, 5.41) is 11.5. The lowest BCUT2D eigenvalue weighted by molar-refractivity contribution is -0.187. The maximum absolute atomic E-state index is 13.0. The van der Waals surface area contributed by atoms with Gasteiger partial charge in [0.1, 0.15) is 0 Å². The molecule has 2 atom stereocenters. The van der Waals surface area contributed by atoms with E-state index in [9.17, 15) is 22.8 Å². The van der Waals surface area contributed by atoms with Crippen molar-refractivity contribution in [1.82, 2.24) is 9.88 Å². The second-order valence-electron chi connectivity index (χ2n) is 6.46. The number of aliphatic carboxylic acids is 1. The number of amides is 2. The van der Waals surface area contributed by atoms with Crippen molar-refractivity contribution in [2.75, 3.05) is 18.4 Å². The van der Waals surface area contributed by atoms with Crippen LogP contribution in [-0.4, -0.2) is 46.3 Å². The number of carbonyl (C=O) groups is 2. The molecule has 0 aromatic carbocycles. The van der Waals surface area contributed by atoms with Crippen molar-refractivity contribution in [2.45, 2.75) is 31.9 Å². The number of fused-ring (bicyclic) bond motifs is 1. The Morgan fingerprint density at radius 2 is 1.96 bits per heavy atom. The third-order valence-corrected chi connectivity index (χ3v) is 4.77. The van der Waals surface area contributed by atoms with Gasteiger partial charge in [0.15, 0.2) is 0 Å². The lowest BCUT2D eigenvalue weighted by Crippen LogP contribution is -2.35. The number of halogens is 3. The summed E-state index contributed by atoms with van der Waals surface area (Å²) >= 11 is 0. The number of carbonyl (C=O) groups excluding carboxylic acids is 1. The summed E-state index contributed by atoms with van der Waals surface area (Å²) in [5.74, 6) is -5.25. The Balaban J connectivity index is 1.70. The molecule has 0 unspecified atom stereocenters. The van der Waals surface area contributed by atoms with E-state index in [-0.39, 0.29) is 0 Å². The minimum Gasteiger partial charge on any atom is -0.481 e. The highest BCUT2D eigenvalue weighted by molar-refractivity contribution is 5.90. The largest absolute Gasteiger partial charge is 0.481 e. The molecule has 9 heteroatoms. The van der Waals surface area contributed by atoms with Crippen LogP contribution in [0.4, 0.5) is 23.7 Å². The number of rotatable bonds is 2. The number of urea groups is 1. The van der Waals surface area contributed by atoms with Crippen LogP contribution >= 0.6 is 0 Å². The molecule has 1 aliphatic heterocycles. The SMILES string of the molecule is O=C(O)[C@@H]1CN(C(=O)Nc2cnc3c(c2)CCCC3)C[C@H]1C(F)(F)F. The lowest BCUT2D eigenvalue weighted by Gasteiger charge is -2.20. The number of nitrogens with zero attached hydrogens (tertiary/aromatic N) is 2. The van der Waals surface area contributed by atoms with Gasteiger partial charge in [0.25, 0.3) is 0 Å². The number of nitrogens with one attached hydrogen (secondary N) is 1. The molecule has 6 nitrogen and oxygen atoms in total. The molecule has 136 valence electrons. The zero-order chi connectivity index (χ0) is 18.2. The van der Waals surface area contributed by atoms with Gasteiger partial charge in [0, 0.05) is 18.8 Å². The van der Waals surface area contributed by atoms with Gasteiger partial charge in [-0.05, 0) is 37.3 Å². The van der Waals surface area contributed by atoms with Gasteiger partial charge in [-0.1, -0.05) is 0 Å². The first kappa shape index (κ1) is 17.5. The van der Waals surface area contributed by atoms with Crippen molar-refractivity contribution in [3.8, 4) is 0 Å². The summed E-state index contributed by atoms with van der Waals surface area (Å²) in [5.41, 5.74) is 2.42. The van der Waals surface area contributed by atoms with Gasteiger partial charge >= 0.3 is 18.2 Å². The number of anilines is 1. The highest BCUT2D eigenvalue weighted by atomic mass is 19.4. The van der Waals surface area contributed by atoms with Crippen LogP contribution in [0.5, 0.6) is 0 Å². The van der Waals surface area contributed by atoms with E-state index >= 15 is 0 Å². The lowest BCUT2D eigenvalue weighted by atomic mass is 9.96. The first-order valence-corrected chi connectivity index (χ1v) is 8.09. The van der Waals surface area contributed by atoms with Gasteiger partial charge in [-0.2, -0.15) is 13.2 Å². The minimum absolute atomic E-state index is 0.410. The van der Waals surface area contributed by atoms with Crippen molar-refractivity contribution in [1.29, 1.82) is 0 Å². The Hall–Kier alpha value is -2.32. The molecule has 3 rings (SSSR count). The number of hydrogen-bond acceptors (Lipinski definition) is 3. The highest BCUT2D eigenvalue weighted by Gasteiger charge is 2.53. The Morgan fingerprint density at radius 3 is 2.60 bits per heavy atom. The molecule has 2 N–H and O–H groups in total. The van der Waals surface area contributed by atoms with Crippen LogP contribution in [0.25, 0.3) is 0 Å². The van der Waals surface area contributed by atoms with Gasteiger partial charge in [0.05, 0.1) is 23.7 Å². The molecule has 1 saturated heterocycles. The minimum atomic E-state index is -4.66. The summed E-state index contributed by atoms with van der Waals surface area (Å²) < 4.78 is 39.0. The first-order chi connectivity index (χ1) is 11.8. The highest BCUT2D eigenvalue weighted by Crippen LogP contribution is 2.38. The van der Waals surface area contributed by atoms with E-state index in [1.165, 1.54) is 6.20 Å². The van der Waals surface area contributed by atoms with Crippen LogP contribution in [0.1, 0.15) is 24.1 Å². The van der Waals surface area contributed by atoms with E-state index in [2.05, 4.69) is 10.3 Å². The summed E-state index contributed by atoms with van der Waals surface area (Å²) in [7, 11) is 0. The van der Waals surface area contributed by atoms with Crippen LogP contribution in [0.3, 0.4) is 0 Å². The number of aromatic nitrogens is 1. The second-order valence-corrected chi connectivity index (χ2v) is 6.46. The summed E-state index contributed by atoms with van der Waals surface area (Å²) in [6.07, 6.45) is 0.649. The predicted molar refractivity (Wildman–Crippen MR) is 82.1 cm³/mol. The zero-order valence-corrected chi connectivity index (χ0v) is 13.3. The summed E-state index contributed by atoms with van der Waals surface area (Å²) in [6, 6.07) is 1.04. The molecule has 1 aliphatic carbocycles. The maximum Gasteiger partial charge on any atom is 0.394 e. The summed E-state index contributed by atoms with van der Waals surface area (Å²) in [6.45, 7) is -1.13. The van der Waals surface area contributed by atoms with Crippen molar-refractivity contribution in [2.24, 2.45) is 11.8 Å². The number of aryl methyl sites for hydroxylation is 2. The van der Waals surface area contributed by atoms with Crippen molar-refractivity contribution < 1.29 is 27.9 Å². The van der Waals surface area contributed by atoms with Crippen LogP contribution in [0.15, 0.2) is 12.3 Å². The molecule has 0 saturated carbocycles. The predicted octanol–water partition coefficient (Wildman–Crippen LogP) is 2.69. The van der Waals surface area contributed by atoms with Gasteiger partial charge in [-0.15, -0.1) is 0 Å². The van der Waals surface area contributed by atoms with E-state index in [4.69, 9.17) is 5.11 Å². The fourth-order valence-corrected chi connectivity index (χ4v) is 3.41. The van der Waals surface area contributed by atoms with E-state index < -0.39 is 43.1 Å². The van der Waals surface area contributed by atoms with E-state index in [1.807, 2.05) is 0 Å². The van der Waals surface area contributed by atoms with Gasteiger partial charge in [0.2, 0.25) is 0 Å². The Kier molecular flexibility index (Phi) is 4.57. The average Bonchev–Trinajstić information content (AvgIpc) is 3.01. The molecular weight excluding hydrogens is 339 g/mol. The Morgan fingerprint density at radius 1 is 1.24 bits per heavy atom. The molecule has 1 fully saturated rings. The third-order valence-electron chi connectivity index (χ3n) is 4.77. The van der Waals surface area contributed by atoms with E-state index in [1.54, 1.807) is 6.07 Å². The molecular formula is C16H18F3N3O3. The third kappa shape index (κ3) is 3.69. The first-order valence-electron chi connectivity index (χ1n) is 8.09. The Labute approximate surface area is 142 Å². The zero-order valence-electron chi connectivity index (χ0n) is 13.3. The Bertz CT molecular complexity index is 693. The number of carboxylic acids is 1.